The van der Waals surface area contributed by atoms with Crippen LogP contribution in [0.15, 0.2) is 59.1 Å². The van der Waals surface area contributed by atoms with Gasteiger partial charge in [0.25, 0.3) is 0 Å². The monoisotopic (exact) mass is 254 g/mol. The Morgan fingerprint density at radius 3 is 2.67 bits per heavy atom. The maximum Gasteiger partial charge on any atom is 0.192 e. The number of rotatable bonds is 2. The summed E-state index contributed by atoms with van der Waals surface area (Å²) >= 11 is 1.46. The van der Waals surface area contributed by atoms with Crippen molar-refractivity contribution in [2.75, 3.05) is 5.73 Å². The molecule has 0 radical (unpaired) electrons. The van der Waals surface area contributed by atoms with Gasteiger partial charge in [-0.15, -0.1) is 0 Å². The molecule has 3 aromatic rings. The van der Waals surface area contributed by atoms with E-state index in [9.17, 15) is 0 Å². The summed E-state index contributed by atoms with van der Waals surface area (Å²) in [7, 11) is 0. The van der Waals surface area contributed by atoms with E-state index in [4.69, 9.17) is 5.73 Å². The van der Waals surface area contributed by atoms with Gasteiger partial charge < -0.3 is 5.73 Å². The average Bonchev–Trinajstić information content (AvgIpc) is 2.43. The number of nitrogen functional groups attached to an aromatic ring is 1. The summed E-state index contributed by atoms with van der Waals surface area (Å²) in [5.74, 6) is 0. The molecule has 3 rings (SSSR count). The van der Waals surface area contributed by atoms with Gasteiger partial charge >= 0.3 is 0 Å². The van der Waals surface area contributed by atoms with Crippen molar-refractivity contribution in [3.8, 4) is 0 Å². The lowest BCUT2D eigenvalue weighted by Gasteiger charge is -2.07. The van der Waals surface area contributed by atoms with Crippen LogP contribution in [0.2, 0.25) is 0 Å². The smallest absolute Gasteiger partial charge is 0.192 e. The van der Waals surface area contributed by atoms with E-state index in [2.05, 4.69) is 15.0 Å². The van der Waals surface area contributed by atoms with E-state index in [-0.39, 0.29) is 0 Å². The molecule has 2 heterocycles. The molecule has 0 amide bonds. The molecule has 5 heteroatoms. The van der Waals surface area contributed by atoms with Gasteiger partial charge in [-0.2, -0.15) is 0 Å². The van der Waals surface area contributed by atoms with Crippen LogP contribution in [0.4, 0.5) is 5.69 Å². The molecule has 88 valence electrons. The Bertz CT molecular complexity index is 685. The summed E-state index contributed by atoms with van der Waals surface area (Å²) in [5, 5.41) is 2.73. The molecule has 0 atom stereocenters. The minimum Gasteiger partial charge on any atom is -0.397 e. The zero-order chi connectivity index (χ0) is 12.4. The maximum absolute atomic E-state index is 6.16. The summed E-state index contributed by atoms with van der Waals surface area (Å²) in [4.78, 5) is 13.4. The van der Waals surface area contributed by atoms with Crippen LogP contribution < -0.4 is 5.73 Å². The molecule has 4 nitrogen and oxygen atoms in total. The molecule has 18 heavy (non-hydrogen) atoms. The number of aromatic nitrogens is 3. The molecule has 0 bridgehead atoms. The topological polar surface area (TPSA) is 64.7 Å². The first kappa shape index (κ1) is 11.0. The summed E-state index contributed by atoms with van der Waals surface area (Å²) in [6.45, 7) is 0. The average molecular weight is 254 g/mol. The third kappa shape index (κ3) is 2.00. The quantitative estimate of drug-likeness (QED) is 0.562. The maximum atomic E-state index is 6.16. The minimum absolute atomic E-state index is 0.692. The molecule has 0 unspecified atom stereocenters. The Hall–Kier alpha value is -2.14. The number of nitrogens with zero attached hydrogens (tertiary/aromatic N) is 3. The molecule has 1 aromatic carbocycles. The molecule has 0 aliphatic heterocycles. The van der Waals surface area contributed by atoms with E-state index in [1.54, 1.807) is 30.9 Å². The number of fused-ring (bicyclic) bond motifs is 1. The molecule has 0 aliphatic carbocycles. The first-order valence-electron chi connectivity index (χ1n) is 5.41. The lowest BCUT2D eigenvalue weighted by molar-refractivity contribution is 0.967. The van der Waals surface area contributed by atoms with Crippen molar-refractivity contribution >= 4 is 28.2 Å². The molecule has 0 spiro atoms. The predicted molar refractivity (Wildman–Crippen MR) is 72.3 cm³/mol. The number of hydrogen-bond acceptors (Lipinski definition) is 5. The van der Waals surface area contributed by atoms with Crippen molar-refractivity contribution in [2.24, 2.45) is 0 Å². The first-order chi connectivity index (χ1) is 8.84. The van der Waals surface area contributed by atoms with Crippen molar-refractivity contribution in [3.05, 3.63) is 49.1 Å². The van der Waals surface area contributed by atoms with Gasteiger partial charge in [-0.1, -0.05) is 6.07 Å². The van der Waals surface area contributed by atoms with Crippen molar-refractivity contribution in [1.29, 1.82) is 0 Å². The number of benzene rings is 1. The van der Waals surface area contributed by atoms with E-state index in [1.165, 1.54) is 11.8 Å². The zero-order valence-electron chi connectivity index (χ0n) is 9.45. The highest BCUT2D eigenvalue weighted by Crippen LogP contribution is 2.34. The molecular formula is C13H10N4S. The second-order valence-corrected chi connectivity index (χ2v) is 4.72. The number of nitrogens with two attached hydrogens (primary N) is 1. The zero-order valence-corrected chi connectivity index (χ0v) is 10.3. The number of hydrogen-bond donors (Lipinski definition) is 1. The summed E-state index contributed by atoms with van der Waals surface area (Å²) in [6, 6.07) is 7.68. The normalized spacial score (nSPS) is 10.7. The lowest BCUT2D eigenvalue weighted by atomic mass is 10.1. The third-order valence-corrected chi connectivity index (χ3v) is 3.53. The fourth-order valence-corrected chi connectivity index (χ4v) is 2.48. The van der Waals surface area contributed by atoms with Gasteiger partial charge in [-0.3, -0.25) is 4.98 Å². The van der Waals surface area contributed by atoms with E-state index >= 15 is 0 Å². The molecule has 0 saturated carbocycles. The van der Waals surface area contributed by atoms with Crippen molar-refractivity contribution in [2.45, 2.75) is 10.1 Å². The second kappa shape index (κ2) is 4.62. The summed E-state index contributed by atoms with van der Waals surface area (Å²) in [5.41, 5.74) is 6.91. The molecule has 0 saturated heterocycles. The van der Waals surface area contributed by atoms with Crippen LogP contribution in [0.25, 0.3) is 10.8 Å². The minimum atomic E-state index is 0.692. The SMILES string of the molecule is Nc1c(Sc2ncccn2)ccc2cnccc12. The highest BCUT2D eigenvalue weighted by Gasteiger charge is 2.07. The van der Waals surface area contributed by atoms with E-state index in [1.807, 2.05) is 18.2 Å². The van der Waals surface area contributed by atoms with Crippen LogP contribution >= 0.6 is 11.8 Å². The van der Waals surface area contributed by atoms with Crippen LogP contribution in [0.3, 0.4) is 0 Å². The van der Waals surface area contributed by atoms with Gasteiger partial charge in [0.1, 0.15) is 0 Å². The van der Waals surface area contributed by atoms with E-state index in [0.717, 1.165) is 21.4 Å². The van der Waals surface area contributed by atoms with Gasteiger partial charge in [0.05, 0.1) is 5.69 Å². The molecule has 2 N–H and O–H groups in total. The Morgan fingerprint density at radius 1 is 1.00 bits per heavy atom. The largest absolute Gasteiger partial charge is 0.397 e. The van der Waals surface area contributed by atoms with Crippen molar-refractivity contribution in [1.82, 2.24) is 15.0 Å². The van der Waals surface area contributed by atoms with Gasteiger partial charge in [-0.25, -0.2) is 9.97 Å². The van der Waals surface area contributed by atoms with Crippen LogP contribution in [-0.2, 0) is 0 Å². The van der Waals surface area contributed by atoms with Gasteiger partial charge in [0.2, 0.25) is 0 Å². The summed E-state index contributed by atoms with van der Waals surface area (Å²) < 4.78 is 0. The third-order valence-electron chi connectivity index (χ3n) is 2.57. The Balaban J connectivity index is 2.05. The Labute approximate surface area is 108 Å². The van der Waals surface area contributed by atoms with Gasteiger partial charge in [0, 0.05) is 40.5 Å². The van der Waals surface area contributed by atoms with Crippen molar-refractivity contribution in [3.63, 3.8) is 0 Å². The summed E-state index contributed by atoms with van der Waals surface area (Å²) in [6.07, 6.45) is 6.98. The Kier molecular flexibility index (Phi) is 2.82. The fraction of sp³-hybridized carbons (Fsp3) is 0. The standard InChI is InChI=1S/C13H10N4S/c14-12-10-4-7-15-8-9(10)2-3-11(12)18-13-16-5-1-6-17-13/h1-8H,14H2. The lowest BCUT2D eigenvalue weighted by Crippen LogP contribution is -1.92. The highest BCUT2D eigenvalue weighted by atomic mass is 32.2. The first-order valence-corrected chi connectivity index (χ1v) is 6.23. The molecule has 2 aromatic heterocycles. The number of anilines is 1. The van der Waals surface area contributed by atoms with Crippen molar-refractivity contribution < 1.29 is 0 Å². The molecule has 0 fully saturated rings. The van der Waals surface area contributed by atoms with Crippen LogP contribution in [0.1, 0.15) is 0 Å². The predicted octanol–water partition coefficient (Wildman–Crippen LogP) is 2.76. The molecule has 0 aliphatic rings. The van der Waals surface area contributed by atoms with Crippen LogP contribution in [-0.4, -0.2) is 15.0 Å². The van der Waals surface area contributed by atoms with Crippen LogP contribution in [0, 0.1) is 0 Å². The molecular weight excluding hydrogens is 244 g/mol. The van der Waals surface area contributed by atoms with Gasteiger partial charge in [-0.05, 0) is 30.0 Å². The Morgan fingerprint density at radius 2 is 1.83 bits per heavy atom. The van der Waals surface area contributed by atoms with Crippen LogP contribution in [0.5, 0.6) is 0 Å². The highest BCUT2D eigenvalue weighted by molar-refractivity contribution is 7.99. The van der Waals surface area contributed by atoms with E-state index < -0.39 is 0 Å². The fourth-order valence-electron chi connectivity index (χ4n) is 1.70. The van der Waals surface area contributed by atoms with E-state index in [0.29, 0.717) is 5.16 Å². The van der Waals surface area contributed by atoms with Gasteiger partial charge in [0.15, 0.2) is 5.16 Å². The number of pyridine rings is 1. The second-order valence-electron chi connectivity index (χ2n) is 3.71.